The average Bonchev–Trinajstić information content (AvgIpc) is 2.52. The maximum absolute atomic E-state index is 12.4. The van der Waals surface area contributed by atoms with Gasteiger partial charge in [0.2, 0.25) is 0 Å². The highest BCUT2D eigenvalue weighted by Gasteiger charge is 2.17. The lowest BCUT2D eigenvalue weighted by molar-refractivity contribution is 0.0939. The van der Waals surface area contributed by atoms with Crippen LogP contribution in [-0.2, 0) is 0 Å². The van der Waals surface area contributed by atoms with Crippen molar-refractivity contribution in [2.45, 2.75) is 19.9 Å². The zero-order valence-electron chi connectivity index (χ0n) is 12.8. The highest BCUT2D eigenvalue weighted by atomic mass is 35.5. The van der Waals surface area contributed by atoms with Gasteiger partial charge in [0, 0.05) is 10.6 Å². The van der Waals surface area contributed by atoms with Crippen molar-refractivity contribution in [3.8, 4) is 11.5 Å². The first-order chi connectivity index (χ1) is 10.9. The Morgan fingerprint density at radius 2 is 1.96 bits per heavy atom. The van der Waals surface area contributed by atoms with E-state index in [1.807, 2.05) is 25.1 Å². The molecule has 4 nitrogen and oxygen atoms in total. The van der Waals surface area contributed by atoms with Gasteiger partial charge in [-0.15, -0.1) is 0 Å². The van der Waals surface area contributed by atoms with Crippen molar-refractivity contribution >= 4 is 29.1 Å². The largest absolute Gasteiger partial charge is 0.503 e. The van der Waals surface area contributed by atoms with Gasteiger partial charge in [-0.05, 0) is 37.6 Å². The van der Waals surface area contributed by atoms with Crippen molar-refractivity contribution in [1.82, 2.24) is 5.32 Å². The Bertz CT molecular complexity index is 719. The zero-order chi connectivity index (χ0) is 17.0. The molecule has 0 heterocycles. The van der Waals surface area contributed by atoms with Gasteiger partial charge in [-0.2, -0.15) is 0 Å². The standard InChI is InChI=1S/C17H17Cl2NO3/c1-3-23-15-9-11(8-14(19)16(15)21)17(22)20-10(2)12-6-4-5-7-13(12)18/h4-10,21H,3H2,1-2H3,(H,20,22). The fourth-order valence-corrected chi connectivity index (χ4v) is 2.66. The number of benzene rings is 2. The molecule has 0 radical (unpaired) electrons. The average molecular weight is 354 g/mol. The Balaban J connectivity index is 2.22. The smallest absolute Gasteiger partial charge is 0.251 e. The lowest BCUT2D eigenvalue weighted by atomic mass is 10.1. The van der Waals surface area contributed by atoms with Crippen LogP contribution in [0.3, 0.4) is 0 Å². The summed E-state index contributed by atoms with van der Waals surface area (Å²) >= 11 is 12.1. The number of nitrogens with one attached hydrogen (secondary N) is 1. The molecule has 0 bridgehead atoms. The van der Waals surface area contributed by atoms with Crippen LogP contribution in [0.1, 0.15) is 35.8 Å². The van der Waals surface area contributed by atoms with Gasteiger partial charge in [0.1, 0.15) is 0 Å². The van der Waals surface area contributed by atoms with Crippen molar-refractivity contribution in [3.05, 3.63) is 57.6 Å². The minimum absolute atomic E-state index is 0.0616. The number of aromatic hydroxyl groups is 1. The second-order valence-electron chi connectivity index (χ2n) is 4.95. The summed E-state index contributed by atoms with van der Waals surface area (Å²) < 4.78 is 5.28. The molecule has 0 aliphatic heterocycles. The fourth-order valence-electron chi connectivity index (χ4n) is 2.15. The SMILES string of the molecule is CCOc1cc(C(=O)NC(C)c2ccccc2Cl)cc(Cl)c1O. The summed E-state index contributed by atoms with van der Waals surface area (Å²) in [5, 5.41) is 13.3. The van der Waals surface area contributed by atoms with Gasteiger partial charge in [0.15, 0.2) is 11.5 Å². The van der Waals surface area contributed by atoms with Gasteiger partial charge < -0.3 is 15.2 Å². The number of phenolic OH excluding ortho intramolecular Hbond substituents is 1. The van der Waals surface area contributed by atoms with Crippen molar-refractivity contribution in [3.63, 3.8) is 0 Å². The first-order valence-corrected chi connectivity index (χ1v) is 7.90. The topological polar surface area (TPSA) is 58.6 Å². The van der Waals surface area contributed by atoms with Crippen LogP contribution in [0.5, 0.6) is 11.5 Å². The molecule has 1 unspecified atom stereocenters. The first kappa shape index (κ1) is 17.4. The molecule has 0 saturated carbocycles. The Morgan fingerprint density at radius 3 is 2.61 bits per heavy atom. The van der Waals surface area contributed by atoms with Gasteiger partial charge in [-0.3, -0.25) is 4.79 Å². The number of carbonyl (C=O) groups is 1. The molecule has 0 aromatic heterocycles. The molecule has 0 saturated heterocycles. The van der Waals surface area contributed by atoms with Crippen LogP contribution in [0.15, 0.2) is 36.4 Å². The first-order valence-electron chi connectivity index (χ1n) is 7.14. The maximum atomic E-state index is 12.4. The van der Waals surface area contributed by atoms with E-state index in [4.69, 9.17) is 27.9 Å². The van der Waals surface area contributed by atoms with Crippen LogP contribution in [0, 0.1) is 0 Å². The van der Waals surface area contributed by atoms with Crippen LogP contribution < -0.4 is 10.1 Å². The lowest BCUT2D eigenvalue weighted by Crippen LogP contribution is -2.26. The summed E-state index contributed by atoms with van der Waals surface area (Å²) in [5.41, 5.74) is 1.12. The molecule has 2 N–H and O–H groups in total. The van der Waals surface area contributed by atoms with E-state index in [0.717, 1.165) is 5.56 Å². The highest BCUT2D eigenvalue weighted by Crippen LogP contribution is 2.35. The molecule has 0 fully saturated rings. The number of rotatable bonds is 5. The van der Waals surface area contributed by atoms with Crippen molar-refractivity contribution in [2.24, 2.45) is 0 Å². The van der Waals surface area contributed by atoms with Crippen molar-refractivity contribution in [1.29, 1.82) is 0 Å². The molecule has 1 atom stereocenters. The molecule has 23 heavy (non-hydrogen) atoms. The van der Waals surface area contributed by atoms with Crippen LogP contribution in [0.25, 0.3) is 0 Å². The van der Waals surface area contributed by atoms with Crippen molar-refractivity contribution in [2.75, 3.05) is 6.61 Å². The summed E-state index contributed by atoms with van der Waals surface area (Å²) in [6.45, 7) is 3.97. The molecule has 0 spiro atoms. The summed E-state index contributed by atoms with van der Waals surface area (Å²) in [6, 6.07) is 9.88. The molecule has 2 rings (SSSR count). The molecule has 2 aromatic carbocycles. The Hall–Kier alpha value is -1.91. The molecule has 122 valence electrons. The Labute approximate surface area is 145 Å². The number of carbonyl (C=O) groups excluding carboxylic acids is 1. The Morgan fingerprint density at radius 1 is 1.26 bits per heavy atom. The maximum Gasteiger partial charge on any atom is 0.251 e. The Kier molecular flexibility index (Phi) is 5.74. The number of hydrogen-bond donors (Lipinski definition) is 2. The lowest BCUT2D eigenvalue weighted by Gasteiger charge is -2.16. The highest BCUT2D eigenvalue weighted by molar-refractivity contribution is 6.32. The predicted octanol–water partition coefficient (Wildman–Crippen LogP) is 4.59. The van der Waals surface area contributed by atoms with E-state index in [1.54, 1.807) is 13.0 Å². The van der Waals surface area contributed by atoms with Gasteiger partial charge in [-0.25, -0.2) is 0 Å². The van der Waals surface area contributed by atoms with Crippen LogP contribution in [-0.4, -0.2) is 17.6 Å². The van der Waals surface area contributed by atoms with Gasteiger partial charge in [0.05, 0.1) is 17.7 Å². The number of ether oxygens (including phenoxy) is 1. The third-order valence-electron chi connectivity index (χ3n) is 3.31. The number of phenols is 1. The second-order valence-corrected chi connectivity index (χ2v) is 5.77. The third kappa shape index (κ3) is 4.09. The molecular weight excluding hydrogens is 337 g/mol. The molecular formula is C17H17Cl2NO3. The van der Waals surface area contributed by atoms with Gasteiger partial charge in [-0.1, -0.05) is 41.4 Å². The number of amides is 1. The van der Waals surface area contributed by atoms with E-state index in [2.05, 4.69) is 5.32 Å². The number of halogens is 2. The predicted molar refractivity (Wildman–Crippen MR) is 91.6 cm³/mol. The third-order valence-corrected chi connectivity index (χ3v) is 3.94. The quantitative estimate of drug-likeness (QED) is 0.826. The van der Waals surface area contributed by atoms with E-state index in [-0.39, 0.29) is 28.5 Å². The summed E-state index contributed by atoms with van der Waals surface area (Å²) in [5.74, 6) is -0.333. The minimum atomic E-state index is -0.333. The van der Waals surface area contributed by atoms with Gasteiger partial charge in [0.25, 0.3) is 5.91 Å². The molecule has 2 aromatic rings. The van der Waals surface area contributed by atoms with Crippen LogP contribution in [0.2, 0.25) is 10.0 Å². The summed E-state index contributed by atoms with van der Waals surface area (Å²) in [4.78, 5) is 12.4. The van der Waals surface area contributed by atoms with E-state index in [0.29, 0.717) is 17.2 Å². The number of hydrogen-bond acceptors (Lipinski definition) is 3. The molecule has 0 aliphatic carbocycles. The van der Waals surface area contributed by atoms with E-state index in [9.17, 15) is 9.90 Å². The fraction of sp³-hybridized carbons (Fsp3) is 0.235. The normalized spacial score (nSPS) is 11.8. The molecule has 0 aliphatic rings. The van der Waals surface area contributed by atoms with E-state index in [1.165, 1.54) is 12.1 Å². The van der Waals surface area contributed by atoms with Crippen LogP contribution >= 0.6 is 23.2 Å². The molecule has 6 heteroatoms. The monoisotopic (exact) mass is 353 g/mol. The second kappa shape index (κ2) is 7.57. The van der Waals surface area contributed by atoms with Gasteiger partial charge >= 0.3 is 0 Å². The van der Waals surface area contributed by atoms with Crippen LogP contribution in [0.4, 0.5) is 0 Å². The summed E-state index contributed by atoms with van der Waals surface area (Å²) in [7, 11) is 0. The zero-order valence-corrected chi connectivity index (χ0v) is 14.3. The van der Waals surface area contributed by atoms with Crippen molar-refractivity contribution < 1.29 is 14.6 Å². The minimum Gasteiger partial charge on any atom is -0.503 e. The molecule has 1 amide bonds. The van der Waals surface area contributed by atoms with E-state index < -0.39 is 0 Å². The summed E-state index contributed by atoms with van der Waals surface area (Å²) in [6.07, 6.45) is 0. The van der Waals surface area contributed by atoms with E-state index >= 15 is 0 Å².